The molecule has 18 heavy (non-hydrogen) atoms. The van der Waals surface area contributed by atoms with Gasteiger partial charge in [0, 0.05) is 11.8 Å². The summed E-state index contributed by atoms with van der Waals surface area (Å²) >= 11 is 0. The van der Waals surface area contributed by atoms with Crippen LogP contribution in [0.1, 0.15) is 29.7 Å². The minimum Gasteiger partial charge on any atom is -0.495 e. The van der Waals surface area contributed by atoms with E-state index in [0.29, 0.717) is 5.75 Å². The van der Waals surface area contributed by atoms with Crippen molar-refractivity contribution in [2.75, 3.05) is 7.11 Å². The van der Waals surface area contributed by atoms with Gasteiger partial charge >= 0.3 is 0 Å². The minimum absolute atomic E-state index is 0.601. The molecule has 1 aromatic carbocycles. The predicted molar refractivity (Wildman–Crippen MR) is 70.7 cm³/mol. The summed E-state index contributed by atoms with van der Waals surface area (Å²) < 4.78 is 5.21. The van der Waals surface area contributed by atoms with Crippen LogP contribution in [0.25, 0.3) is 0 Å². The molecule has 0 aliphatic rings. The zero-order chi connectivity index (χ0) is 13.0. The van der Waals surface area contributed by atoms with Crippen molar-refractivity contribution in [1.82, 2.24) is 4.98 Å². The normalized spacial score (nSPS) is 12.2. The van der Waals surface area contributed by atoms with Crippen LogP contribution >= 0.6 is 0 Å². The highest BCUT2D eigenvalue weighted by Crippen LogP contribution is 2.28. The second-order valence-corrected chi connectivity index (χ2v) is 4.12. The number of benzene rings is 1. The van der Waals surface area contributed by atoms with E-state index >= 15 is 0 Å². The molecule has 0 aliphatic carbocycles. The van der Waals surface area contributed by atoms with Gasteiger partial charge in [-0.3, -0.25) is 4.98 Å². The Morgan fingerprint density at radius 2 is 1.94 bits per heavy atom. The first-order chi connectivity index (χ1) is 8.76. The van der Waals surface area contributed by atoms with Gasteiger partial charge in [-0.15, -0.1) is 0 Å². The van der Waals surface area contributed by atoms with Crippen molar-refractivity contribution in [1.29, 1.82) is 0 Å². The quantitative estimate of drug-likeness (QED) is 0.897. The number of hydrogen-bond acceptors (Lipinski definition) is 3. The maximum Gasteiger partial charge on any atom is 0.143 e. The van der Waals surface area contributed by atoms with Crippen LogP contribution < -0.4 is 4.74 Å². The van der Waals surface area contributed by atoms with E-state index in [9.17, 15) is 5.11 Å². The molecule has 1 aromatic heterocycles. The molecular formula is C15H17NO2. The molecule has 0 radical (unpaired) electrons. The number of methoxy groups -OCH3 is 1. The van der Waals surface area contributed by atoms with E-state index in [1.165, 1.54) is 5.56 Å². The van der Waals surface area contributed by atoms with Crippen LogP contribution in [0.4, 0.5) is 0 Å². The summed E-state index contributed by atoms with van der Waals surface area (Å²) in [6.07, 6.45) is 3.57. The van der Waals surface area contributed by atoms with Crippen molar-refractivity contribution in [3.63, 3.8) is 0 Å². The largest absolute Gasteiger partial charge is 0.495 e. The third kappa shape index (κ3) is 2.51. The van der Waals surface area contributed by atoms with E-state index in [-0.39, 0.29) is 0 Å². The highest BCUT2D eigenvalue weighted by atomic mass is 16.5. The van der Waals surface area contributed by atoms with Gasteiger partial charge in [0.25, 0.3) is 0 Å². The lowest BCUT2D eigenvalue weighted by Gasteiger charge is -2.14. The van der Waals surface area contributed by atoms with Crippen LogP contribution in [-0.2, 0) is 6.42 Å². The van der Waals surface area contributed by atoms with Crippen molar-refractivity contribution in [2.45, 2.75) is 19.4 Å². The number of hydrogen-bond donors (Lipinski definition) is 1. The van der Waals surface area contributed by atoms with Gasteiger partial charge in [0.1, 0.15) is 11.9 Å². The number of aliphatic hydroxyl groups excluding tert-OH is 1. The zero-order valence-corrected chi connectivity index (χ0v) is 10.6. The Morgan fingerprint density at radius 1 is 1.22 bits per heavy atom. The topological polar surface area (TPSA) is 42.4 Å². The molecule has 2 aromatic rings. The zero-order valence-electron chi connectivity index (χ0n) is 10.6. The Kier molecular flexibility index (Phi) is 3.95. The fraction of sp³-hybridized carbons (Fsp3) is 0.267. The maximum atomic E-state index is 10.4. The van der Waals surface area contributed by atoms with Gasteiger partial charge < -0.3 is 9.84 Å². The molecule has 2 rings (SSSR count). The molecule has 0 fully saturated rings. The van der Waals surface area contributed by atoms with E-state index in [2.05, 4.69) is 11.9 Å². The standard InChI is InChI=1S/C15H17NO2/c1-3-11-4-6-12(7-5-11)15(17)13-8-9-16-10-14(13)18-2/h4-10,15,17H,3H2,1-2H3. The molecule has 3 nitrogen and oxygen atoms in total. The SMILES string of the molecule is CCc1ccc(C(O)c2ccncc2OC)cc1. The van der Waals surface area contributed by atoms with Crippen LogP contribution in [0, 0.1) is 0 Å². The van der Waals surface area contributed by atoms with Crippen molar-refractivity contribution < 1.29 is 9.84 Å². The van der Waals surface area contributed by atoms with Crippen LogP contribution in [0.15, 0.2) is 42.7 Å². The molecule has 1 unspecified atom stereocenters. The summed E-state index contributed by atoms with van der Waals surface area (Å²) in [5, 5.41) is 10.4. The molecule has 1 atom stereocenters. The highest BCUT2D eigenvalue weighted by molar-refractivity contribution is 5.38. The fourth-order valence-corrected chi connectivity index (χ4v) is 1.90. The Labute approximate surface area is 107 Å². The summed E-state index contributed by atoms with van der Waals surface area (Å²) in [5.41, 5.74) is 2.85. The monoisotopic (exact) mass is 243 g/mol. The molecule has 1 heterocycles. The molecule has 94 valence electrons. The van der Waals surface area contributed by atoms with Crippen LogP contribution in [0.3, 0.4) is 0 Å². The number of nitrogens with zero attached hydrogens (tertiary/aromatic N) is 1. The molecule has 1 N–H and O–H groups in total. The molecule has 0 saturated carbocycles. The van der Waals surface area contributed by atoms with Crippen molar-refractivity contribution in [3.8, 4) is 5.75 Å². The molecule has 0 saturated heterocycles. The first-order valence-electron chi connectivity index (χ1n) is 6.01. The van der Waals surface area contributed by atoms with Gasteiger partial charge in [-0.1, -0.05) is 31.2 Å². The molecule has 0 bridgehead atoms. The summed E-state index contributed by atoms with van der Waals surface area (Å²) in [7, 11) is 1.58. The lowest BCUT2D eigenvalue weighted by molar-refractivity contribution is 0.214. The van der Waals surface area contributed by atoms with E-state index in [1.807, 2.05) is 24.3 Å². The highest BCUT2D eigenvalue weighted by Gasteiger charge is 2.14. The van der Waals surface area contributed by atoms with Crippen LogP contribution in [0.5, 0.6) is 5.75 Å². The molecule has 0 aliphatic heterocycles. The second kappa shape index (κ2) is 5.65. The van der Waals surface area contributed by atoms with Crippen molar-refractivity contribution in [2.24, 2.45) is 0 Å². The van der Waals surface area contributed by atoms with E-state index in [0.717, 1.165) is 17.5 Å². The van der Waals surface area contributed by atoms with Gasteiger partial charge in [0.05, 0.1) is 13.3 Å². The number of rotatable bonds is 4. The lowest BCUT2D eigenvalue weighted by atomic mass is 10.00. The predicted octanol–water partition coefficient (Wildman–Crippen LogP) is 2.73. The lowest BCUT2D eigenvalue weighted by Crippen LogP contribution is -2.02. The fourth-order valence-electron chi connectivity index (χ4n) is 1.90. The average molecular weight is 243 g/mol. The number of aliphatic hydroxyl groups is 1. The Morgan fingerprint density at radius 3 is 2.56 bits per heavy atom. The maximum absolute atomic E-state index is 10.4. The summed E-state index contributed by atoms with van der Waals surface area (Å²) in [5.74, 6) is 0.601. The first kappa shape index (κ1) is 12.6. The minimum atomic E-state index is -0.686. The molecular weight excluding hydrogens is 226 g/mol. The molecule has 0 spiro atoms. The van der Waals surface area contributed by atoms with Crippen LogP contribution in [0.2, 0.25) is 0 Å². The van der Waals surface area contributed by atoms with Crippen LogP contribution in [-0.4, -0.2) is 17.2 Å². The van der Waals surface area contributed by atoms with Gasteiger partial charge in [0.2, 0.25) is 0 Å². The summed E-state index contributed by atoms with van der Waals surface area (Å²) in [6, 6.07) is 9.74. The number of ether oxygens (including phenoxy) is 1. The van der Waals surface area contributed by atoms with E-state index < -0.39 is 6.10 Å². The van der Waals surface area contributed by atoms with Crippen molar-refractivity contribution >= 4 is 0 Å². The Balaban J connectivity index is 2.31. The number of pyridine rings is 1. The number of aryl methyl sites for hydroxylation is 1. The Hall–Kier alpha value is -1.87. The summed E-state index contributed by atoms with van der Waals surface area (Å²) in [6.45, 7) is 2.11. The second-order valence-electron chi connectivity index (χ2n) is 4.12. The van der Waals surface area contributed by atoms with Crippen molar-refractivity contribution in [3.05, 3.63) is 59.4 Å². The van der Waals surface area contributed by atoms with Gasteiger partial charge in [-0.2, -0.15) is 0 Å². The average Bonchev–Trinajstić information content (AvgIpc) is 2.46. The molecule has 0 amide bonds. The van der Waals surface area contributed by atoms with E-state index in [1.54, 1.807) is 25.6 Å². The number of aromatic nitrogens is 1. The Bertz CT molecular complexity index is 508. The third-order valence-corrected chi connectivity index (χ3v) is 3.03. The first-order valence-corrected chi connectivity index (χ1v) is 6.01. The molecule has 3 heteroatoms. The smallest absolute Gasteiger partial charge is 0.143 e. The van der Waals surface area contributed by atoms with Gasteiger partial charge in [0.15, 0.2) is 0 Å². The van der Waals surface area contributed by atoms with Gasteiger partial charge in [-0.05, 0) is 23.6 Å². The van der Waals surface area contributed by atoms with Gasteiger partial charge in [-0.25, -0.2) is 0 Å². The summed E-state index contributed by atoms with van der Waals surface area (Å²) in [4.78, 5) is 3.98. The third-order valence-electron chi connectivity index (χ3n) is 3.03. The van der Waals surface area contributed by atoms with E-state index in [4.69, 9.17) is 4.74 Å².